The van der Waals surface area contributed by atoms with E-state index in [-0.39, 0.29) is 18.1 Å². The molecular weight excluding hydrogens is 189 g/mol. The van der Waals surface area contributed by atoms with E-state index < -0.39 is 11.8 Å². The molecule has 4 nitrogen and oxygen atoms in total. The second kappa shape index (κ2) is 4.55. The van der Waals surface area contributed by atoms with Gasteiger partial charge in [0.15, 0.2) is 17.3 Å². The van der Waals surface area contributed by atoms with Gasteiger partial charge in [-0.05, 0) is 6.92 Å². The van der Waals surface area contributed by atoms with Crippen LogP contribution in [0.15, 0.2) is 12.3 Å². The molecule has 14 heavy (non-hydrogen) atoms. The number of aromatic nitrogens is 1. The van der Waals surface area contributed by atoms with Gasteiger partial charge in [0.1, 0.15) is 0 Å². The fraction of sp³-hybridized carbons (Fsp3) is 0.333. The van der Waals surface area contributed by atoms with Crippen LogP contribution in [-0.4, -0.2) is 24.7 Å². The molecule has 1 aromatic heterocycles. The molecule has 76 valence electrons. The Bertz CT molecular complexity index is 341. The normalized spacial score (nSPS) is 9.64. The summed E-state index contributed by atoms with van der Waals surface area (Å²) in [6, 6.07) is 1.33. The molecule has 1 aromatic rings. The molecule has 1 rings (SSSR count). The summed E-state index contributed by atoms with van der Waals surface area (Å²) in [6.07, 6.45) is 1.29. The first-order valence-electron chi connectivity index (χ1n) is 4.06. The van der Waals surface area contributed by atoms with Gasteiger partial charge in [0, 0.05) is 12.3 Å². The summed E-state index contributed by atoms with van der Waals surface area (Å²) in [5.41, 5.74) is -0.355. The van der Waals surface area contributed by atoms with Crippen LogP contribution in [0.4, 0.5) is 4.39 Å². The van der Waals surface area contributed by atoms with Gasteiger partial charge in [-0.3, -0.25) is 0 Å². The average molecular weight is 199 g/mol. The highest BCUT2D eigenvalue weighted by Crippen LogP contribution is 2.18. The van der Waals surface area contributed by atoms with E-state index in [1.54, 1.807) is 6.92 Å². The van der Waals surface area contributed by atoms with E-state index in [1.165, 1.54) is 19.4 Å². The van der Waals surface area contributed by atoms with Crippen LogP contribution >= 0.6 is 0 Å². The quantitative estimate of drug-likeness (QED) is 0.690. The molecule has 0 N–H and O–H groups in total. The molecule has 0 saturated carbocycles. The molecule has 0 aliphatic rings. The van der Waals surface area contributed by atoms with Crippen LogP contribution in [0.3, 0.4) is 0 Å². The Labute approximate surface area is 80.7 Å². The van der Waals surface area contributed by atoms with Gasteiger partial charge in [0.2, 0.25) is 0 Å². The average Bonchev–Trinajstić information content (AvgIpc) is 2.18. The van der Waals surface area contributed by atoms with Crippen LogP contribution < -0.4 is 4.74 Å². The lowest BCUT2D eigenvalue weighted by molar-refractivity contribution is 0.0512. The topological polar surface area (TPSA) is 48.4 Å². The van der Waals surface area contributed by atoms with E-state index in [2.05, 4.69) is 9.72 Å². The van der Waals surface area contributed by atoms with Gasteiger partial charge in [-0.15, -0.1) is 0 Å². The molecule has 0 aliphatic heterocycles. The highest BCUT2D eigenvalue weighted by molar-refractivity contribution is 5.87. The Hall–Kier alpha value is -1.65. The van der Waals surface area contributed by atoms with Crippen molar-refractivity contribution in [3.63, 3.8) is 0 Å². The Morgan fingerprint density at radius 1 is 1.64 bits per heavy atom. The van der Waals surface area contributed by atoms with Crippen LogP contribution in [0, 0.1) is 5.82 Å². The molecule has 0 unspecified atom stereocenters. The lowest BCUT2D eigenvalue weighted by Crippen LogP contribution is -2.10. The number of rotatable bonds is 3. The lowest BCUT2D eigenvalue weighted by atomic mass is 10.3. The Kier molecular flexibility index (Phi) is 3.39. The maximum absolute atomic E-state index is 13.4. The zero-order valence-corrected chi connectivity index (χ0v) is 7.91. The molecule has 5 heteroatoms. The number of carbonyl (C=O) groups is 1. The summed E-state index contributed by atoms with van der Waals surface area (Å²) in [4.78, 5) is 14.7. The third-order valence-corrected chi connectivity index (χ3v) is 1.54. The molecule has 1 heterocycles. The summed E-state index contributed by atoms with van der Waals surface area (Å²) in [5, 5.41) is 0. The molecule has 0 saturated heterocycles. The number of hydrogen-bond acceptors (Lipinski definition) is 4. The first-order valence-corrected chi connectivity index (χ1v) is 4.06. The highest BCUT2D eigenvalue weighted by Gasteiger charge is 2.17. The fourth-order valence-electron chi connectivity index (χ4n) is 0.925. The standard InChI is InChI=1S/C9H10FNO3/c1-3-14-9(12)8-7(10)6(13-2)4-5-11-8/h4-5H,3H2,1-2H3. The maximum Gasteiger partial charge on any atom is 0.360 e. The number of nitrogens with zero attached hydrogens (tertiary/aromatic N) is 1. The van der Waals surface area contributed by atoms with Gasteiger partial charge in [0.05, 0.1) is 13.7 Å². The van der Waals surface area contributed by atoms with E-state index in [0.29, 0.717) is 0 Å². The first-order chi connectivity index (χ1) is 6.70. The lowest BCUT2D eigenvalue weighted by Gasteiger charge is -2.05. The number of pyridine rings is 1. The van der Waals surface area contributed by atoms with Gasteiger partial charge >= 0.3 is 5.97 Å². The zero-order chi connectivity index (χ0) is 10.6. The van der Waals surface area contributed by atoms with Gasteiger partial charge in [-0.2, -0.15) is 0 Å². The predicted molar refractivity (Wildman–Crippen MR) is 46.7 cm³/mol. The number of esters is 1. The summed E-state index contributed by atoms with van der Waals surface area (Å²) in [5.74, 6) is -1.61. The molecule has 0 aromatic carbocycles. The van der Waals surface area contributed by atoms with Gasteiger partial charge in [-0.25, -0.2) is 14.2 Å². The second-order valence-electron chi connectivity index (χ2n) is 2.40. The van der Waals surface area contributed by atoms with Crippen molar-refractivity contribution in [2.45, 2.75) is 6.92 Å². The molecule has 0 amide bonds. The van der Waals surface area contributed by atoms with Crippen molar-refractivity contribution in [2.24, 2.45) is 0 Å². The predicted octanol–water partition coefficient (Wildman–Crippen LogP) is 1.41. The fourth-order valence-corrected chi connectivity index (χ4v) is 0.925. The van der Waals surface area contributed by atoms with E-state index in [0.717, 1.165) is 0 Å². The van der Waals surface area contributed by atoms with Crippen LogP contribution in [0.5, 0.6) is 5.75 Å². The van der Waals surface area contributed by atoms with Crippen molar-refractivity contribution in [1.82, 2.24) is 4.98 Å². The van der Waals surface area contributed by atoms with E-state index >= 15 is 0 Å². The van der Waals surface area contributed by atoms with Crippen LogP contribution in [0.25, 0.3) is 0 Å². The third-order valence-electron chi connectivity index (χ3n) is 1.54. The molecule has 0 bridgehead atoms. The number of ether oxygens (including phenoxy) is 2. The summed E-state index contributed by atoms with van der Waals surface area (Å²) in [7, 11) is 1.31. The minimum absolute atomic E-state index is 0.0250. The van der Waals surface area contributed by atoms with Crippen molar-refractivity contribution >= 4 is 5.97 Å². The molecule has 0 radical (unpaired) electrons. The van der Waals surface area contributed by atoms with Crippen LogP contribution in [0.2, 0.25) is 0 Å². The largest absolute Gasteiger partial charge is 0.494 e. The van der Waals surface area contributed by atoms with Crippen molar-refractivity contribution < 1.29 is 18.7 Å². The van der Waals surface area contributed by atoms with E-state index in [1.807, 2.05) is 0 Å². The van der Waals surface area contributed by atoms with Crippen LogP contribution in [0.1, 0.15) is 17.4 Å². The van der Waals surface area contributed by atoms with Crippen molar-refractivity contribution in [2.75, 3.05) is 13.7 Å². The number of halogens is 1. The zero-order valence-electron chi connectivity index (χ0n) is 7.91. The van der Waals surface area contributed by atoms with Crippen molar-refractivity contribution in [1.29, 1.82) is 0 Å². The molecule has 0 spiro atoms. The van der Waals surface area contributed by atoms with E-state index in [4.69, 9.17) is 4.74 Å². The molecule has 0 aliphatic carbocycles. The summed E-state index contributed by atoms with van der Waals surface area (Å²) < 4.78 is 22.7. The second-order valence-corrected chi connectivity index (χ2v) is 2.40. The Morgan fingerprint density at radius 3 is 2.93 bits per heavy atom. The Balaban J connectivity index is 3.03. The maximum atomic E-state index is 13.4. The number of methoxy groups -OCH3 is 1. The minimum atomic E-state index is -0.798. The molecule has 0 fully saturated rings. The molecule has 0 atom stereocenters. The van der Waals surface area contributed by atoms with Crippen molar-refractivity contribution in [3.8, 4) is 5.75 Å². The van der Waals surface area contributed by atoms with Crippen molar-refractivity contribution in [3.05, 3.63) is 23.8 Å². The smallest absolute Gasteiger partial charge is 0.360 e. The highest BCUT2D eigenvalue weighted by atomic mass is 19.1. The number of hydrogen-bond donors (Lipinski definition) is 0. The minimum Gasteiger partial charge on any atom is -0.494 e. The van der Waals surface area contributed by atoms with Gasteiger partial charge in [-0.1, -0.05) is 0 Å². The summed E-state index contributed by atoms with van der Waals surface area (Å²) >= 11 is 0. The van der Waals surface area contributed by atoms with Gasteiger partial charge < -0.3 is 9.47 Å². The molecular formula is C9H10FNO3. The first kappa shape index (κ1) is 10.4. The van der Waals surface area contributed by atoms with Gasteiger partial charge in [0.25, 0.3) is 0 Å². The SMILES string of the molecule is CCOC(=O)c1nccc(OC)c1F. The van der Waals surface area contributed by atoms with Crippen LogP contribution in [-0.2, 0) is 4.74 Å². The number of carbonyl (C=O) groups excluding carboxylic acids is 1. The monoisotopic (exact) mass is 199 g/mol. The Morgan fingerprint density at radius 2 is 2.36 bits per heavy atom. The summed E-state index contributed by atoms with van der Waals surface area (Å²) in [6.45, 7) is 1.81. The third kappa shape index (κ3) is 1.99. The van der Waals surface area contributed by atoms with E-state index in [9.17, 15) is 9.18 Å².